The van der Waals surface area contributed by atoms with Crippen molar-refractivity contribution in [1.82, 2.24) is 0 Å². The topological polar surface area (TPSA) is 126 Å². The first-order valence-corrected chi connectivity index (χ1v) is 11.7. The fourth-order valence-electron chi connectivity index (χ4n) is 3.62. The van der Waals surface area contributed by atoms with E-state index in [0.29, 0.717) is 45.3 Å². The van der Waals surface area contributed by atoms with Gasteiger partial charge in [0, 0.05) is 11.1 Å². The number of fused-ring (bicyclic) bond motifs is 1. The van der Waals surface area contributed by atoms with Crippen molar-refractivity contribution in [2.45, 2.75) is 0 Å². The zero-order valence-corrected chi connectivity index (χ0v) is 20.4. The van der Waals surface area contributed by atoms with E-state index in [2.05, 4.69) is 25.9 Å². The van der Waals surface area contributed by atoms with Gasteiger partial charge in [0.25, 0.3) is 0 Å². The highest BCUT2D eigenvalue weighted by molar-refractivity contribution is 5.94. The number of ether oxygens (including phenoxy) is 1. The molecule has 0 radical (unpaired) electrons. The highest BCUT2D eigenvalue weighted by Crippen LogP contribution is 2.37. The lowest BCUT2D eigenvalue weighted by Gasteiger charge is -2.10. The third kappa shape index (κ3) is 5.68. The van der Waals surface area contributed by atoms with Gasteiger partial charge in [-0.15, -0.1) is 10.2 Å². The monoisotopic (exact) mass is 504 g/mol. The van der Waals surface area contributed by atoms with Crippen molar-refractivity contribution in [3.63, 3.8) is 0 Å². The van der Waals surface area contributed by atoms with E-state index in [9.17, 15) is 5.11 Å². The molecule has 0 heterocycles. The van der Waals surface area contributed by atoms with Gasteiger partial charge < -0.3 is 20.4 Å². The van der Waals surface area contributed by atoms with Gasteiger partial charge in [-0.25, -0.2) is 5.48 Å². The summed E-state index contributed by atoms with van der Waals surface area (Å²) < 4.78 is 5.29. The van der Waals surface area contributed by atoms with E-state index >= 15 is 0 Å². The molecule has 4 N–H and O–H groups in total. The quantitative estimate of drug-likeness (QED) is 0.111. The van der Waals surface area contributed by atoms with Gasteiger partial charge in [0.15, 0.2) is 11.5 Å². The van der Waals surface area contributed by atoms with Crippen LogP contribution in [0.4, 0.5) is 34.1 Å². The van der Waals surface area contributed by atoms with Crippen LogP contribution in [0.25, 0.3) is 10.8 Å². The molecule has 0 amide bonds. The predicted molar refractivity (Wildman–Crippen MR) is 149 cm³/mol. The Bertz CT molecular complexity index is 1620. The third-order valence-corrected chi connectivity index (χ3v) is 5.62. The summed E-state index contributed by atoms with van der Waals surface area (Å²) in [6.45, 7) is 0. The van der Waals surface area contributed by atoms with E-state index in [-0.39, 0.29) is 5.75 Å². The van der Waals surface area contributed by atoms with Gasteiger partial charge in [0.2, 0.25) is 0 Å². The van der Waals surface area contributed by atoms with E-state index in [0.717, 1.165) is 11.1 Å². The van der Waals surface area contributed by atoms with Crippen LogP contribution < -0.4 is 20.8 Å². The number of azo groups is 2. The Labute approximate surface area is 218 Å². The highest BCUT2D eigenvalue weighted by atomic mass is 16.6. The smallest absolute Gasteiger partial charge is 0.155 e. The molecule has 0 atom stereocenters. The lowest BCUT2D eigenvalue weighted by molar-refractivity contribution is 0.405. The zero-order valence-electron chi connectivity index (χ0n) is 20.4. The lowest BCUT2D eigenvalue weighted by Crippen LogP contribution is -2.04. The number of para-hydroxylation sites is 1. The van der Waals surface area contributed by atoms with Crippen molar-refractivity contribution in [3.05, 3.63) is 103 Å². The minimum atomic E-state index is 0.0412. The second kappa shape index (κ2) is 11.1. The first kappa shape index (κ1) is 24.3. The molecular formula is C29H24N6O3. The van der Waals surface area contributed by atoms with Crippen LogP contribution in [-0.2, 0) is 0 Å². The number of hydrogen-bond donors (Lipinski definition) is 3. The largest absolute Gasteiger partial charge is 0.505 e. The summed E-state index contributed by atoms with van der Waals surface area (Å²) in [6, 6.07) is 30.6. The highest BCUT2D eigenvalue weighted by Gasteiger charge is 2.08. The maximum absolute atomic E-state index is 10.8. The summed E-state index contributed by atoms with van der Waals surface area (Å²) >= 11 is 0. The Morgan fingerprint density at radius 1 is 0.711 bits per heavy atom. The van der Waals surface area contributed by atoms with Crippen molar-refractivity contribution >= 4 is 44.9 Å². The zero-order chi connectivity index (χ0) is 26.3. The summed E-state index contributed by atoms with van der Waals surface area (Å²) in [5.41, 5.74) is 12.3. The van der Waals surface area contributed by atoms with Crippen LogP contribution in [-0.4, -0.2) is 12.2 Å². The van der Waals surface area contributed by atoms with Crippen molar-refractivity contribution < 1.29 is 14.7 Å². The van der Waals surface area contributed by atoms with Gasteiger partial charge >= 0.3 is 0 Å². The number of benzene rings is 5. The first-order valence-electron chi connectivity index (χ1n) is 11.7. The molecule has 5 aromatic rings. The number of nitrogens with two attached hydrogens (primary N) is 1. The number of aromatic hydroxyl groups is 1. The fourth-order valence-corrected chi connectivity index (χ4v) is 3.62. The van der Waals surface area contributed by atoms with Crippen LogP contribution in [0.5, 0.6) is 17.2 Å². The van der Waals surface area contributed by atoms with Gasteiger partial charge in [-0.05, 0) is 90.3 Å². The molecule has 0 bridgehead atoms. The van der Waals surface area contributed by atoms with Crippen molar-refractivity contribution in [1.29, 1.82) is 0 Å². The Morgan fingerprint density at radius 3 is 2.11 bits per heavy atom. The molecule has 5 rings (SSSR count). The van der Waals surface area contributed by atoms with Gasteiger partial charge in [-0.1, -0.05) is 18.2 Å². The molecule has 0 aliphatic carbocycles. The second-order valence-electron chi connectivity index (χ2n) is 8.23. The van der Waals surface area contributed by atoms with E-state index in [1.54, 1.807) is 73.8 Å². The fraction of sp³-hybridized carbons (Fsp3) is 0.0345. The van der Waals surface area contributed by atoms with Crippen molar-refractivity contribution in [3.8, 4) is 17.2 Å². The molecule has 0 fully saturated rings. The minimum Gasteiger partial charge on any atom is -0.505 e. The minimum absolute atomic E-state index is 0.0412. The lowest BCUT2D eigenvalue weighted by atomic mass is 10.1. The third-order valence-electron chi connectivity index (χ3n) is 5.62. The molecule has 0 saturated carbocycles. The molecule has 0 aliphatic rings. The number of rotatable bonds is 8. The van der Waals surface area contributed by atoms with Crippen LogP contribution in [0.2, 0.25) is 0 Å². The summed E-state index contributed by atoms with van der Waals surface area (Å²) in [6.07, 6.45) is 0. The second-order valence-corrected chi connectivity index (χ2v) is 8.23. The average molecular weight is 505 g/mol. The van der Waals surface area contributed by atoms with E-state index in [1.165, 1.54) is 0 Å². The van der Waals surface area contributed by atoms with E-state index in [4.69, 9.17) is 15.3 Å². The normalized spacial score (nSPS) is 11.3. The van der Waals surface area contributed by atoms with Crippen LogP contribution in [0.3, 0.4) is 0 Å². The Hall–Kier alpha value is -5.44. The summed E-state index contributed by atoms with van der Waals surface area (Å²) in [7, 11) is 1.59. The Balaban J connectivity index is 1.26. The van der Waals surface area contributed by atoms with E-state index < -0.39 is 0 Å². The van der Waals surface area contributed by atoms with E-state index in [1.807, 2.05) is 36.4 Å². The SMILES string of the molecule is COc1ccccc1N=Nc1ccc(N=Nc2ccc3cc(NOc4ccc(N)cc4)ccc3c2O)cc1. The molecule has 0 saturated heterocycles. The van der Waals surface area contributed by atoms with Gasteiger partial charge in [-0.2, -0.15) is 10.2 Å². The van der Waals surface area contributed by atoms with Gasteiger partial charge in [-0.3, -0.25) is 0 Å². The maximum Gasteiger partial charge on any atom is 0.155 e. The number of phenolic OH excluding ortho intramolecular Hbond substituents is 1. The van der Waals surface area contributed by atoms with Gasteiger partial charge in [0.05, 0.1) is 24.2 Å². The number of nitrogen functional groups attached to an aromatic ring is 1. The predicted octanol–water partition coefficient (Wildman–Crippen LogP) is 8.37. The molecule has 188 valence electrons. The van der Waals surface area contributed by atoms with Crippen molar-refractivity contribution in [2.24, 2.45) is 20.5 Å². The van der Waals surface area contributed by atoms with Crippen LogP contribution in [0.1, 0.15) is 0 Å². The maximum atomic E-state index is 10.8. The molecule has 9 heteroatoms. The molecule has 0 aliphatic heterocycles. The van der Waals surface area contributed by atoms with Crippen molar-refractivity contribution in [2.75, 3.05) is 18.3 Å². The number of hydrogen-bond acceptors (Lipinski definition) is 9. The molecule has 9 nitrogen and oxygen atoms in total. The Kier molecular flexibility index (Phi) is 7.08. The summed E-state index contributed by atoms with van der Waals surface area (Å²) in [5.74, 6) is 1.32. The molecule has 5 aromatic carbocycles. The molecule has 0 spiro atoms. The number of anilines is 2. The molecule has 0 aromatic heterocycles. The van der Waals surface area contributed by atoms with Crippen LogP contribution >= 0.6 is 0 Å². The number of nitrogens with one attached hydrogen (secondary N) is 1. The summed E-state index contributed by atoms with van der Waals surface area (Å²) in [5, 5.41) is 29.2. The molecule has 38 heavy (non-hydrogen) atoms. The number of methoxy groups -OCH3 is 1. The van der Waals surface area contributed by atoms with Crippen LogP contribution in [0, 0.1) is 0 Å². The first-order chi connectivity index (χ1) is 18.6. The average Bonchev–Trinajstić information content (AvgIpc) is 2.96. The van der Waals surface area contributed by atoms with Gasteiger partial charge in [0.1, 0.15) is 17.1 Å². The van der Waals surface area contributed by atoms with Crippen LogP contribution in [0.15, 0.2) is 124 Å². The number of nitrogens with zero attached hydrogens (tertiary/aromatic N) is 4. The molecule has 0 unspecified atom stereocenters. The standard InChI is InChI=1S/C29H24N6O3/c1-37-28-5-3-2-4-26(28)33-31-21-9-11-22(12-10-21)32-34-27-17-6-19-18-23(13-16-25(19)29(27)36)35-38-24-14-7-20(30)8-15-24/h2-18,35-36H,30H2,1H3. The summed E-state index contributed by atoms with van der Waals surface area (Å²) in [4.78, 5) is 5.57. The molecular weight excluding hydrogens is 480 g/mol. The number of phenols is 1. The Morgan fingerprint density at radius 2 is 1.39 bits per heavy atom.